The van der Waals surface area contributed by atoms with Crippen LogP contribution in [0.5, 0.6) is 0 Å². The highest BCUT2D eigenvalue weighted by molar-refractivity contribution is 7.90. The summed E-state index contributed by atoms with van der Waals surface area (Å²) in [6.07, 6.45) is 2.05. The number of aromatic nitrogens is 2. The lowest BCUT2D eigenvalue weighted by Gasteiger charge is -2.25. The first-order valence-electron chi connectivity index (χ1n) is 9.32. The zero-order valence-electron chi connectivity index (χ0n) is 15.4. The van der Waals surface area contributed by atoms with Gasteiger partial charge in [-0.2, -0.15) is 4.31 Å². The molecular formula is C19H18N4O4S2. The van der Waals surface area contributed by atoms with Crippen LogP contribution in [0, 0.1) is 0 Å². The van der Waals surface area contributed by atoms with E-state index >= 15 is 0 Å². The van der Waals surface area contributed by atoms with Crippen molar-refractivity contribution >= 4 is 32.4 Å². The number of anilines is 1. The van der Waals surface area contributed by atoms with E-state index in [0.717, 1.165) is 29.0 Å². The molecule has 0 bridgehead atoms. The molecule has 29 heavy (non-hydrogen) atoms. The van der Waals surface area contributed by atoms with E-state index in [0.29, 0.717) is 30.4 Å². The number of hydrogen-bond donors (Lipinski definition) is 1. The van der Waals surface area contributed by atoms with Gasteiger partial charge in [-0.15, -0.1) is 11.3 Å². The van der Waals surface area contributed by atoms with Crippen LogP contribution < -0.4 is 5.32 Å². The molecule has 10 heteroatoms. The van der Waals surface area contributed by atoms with Gasteiger partial charge in [0.1, 0.15) is 0 Å². The number of carbonyl (C=O) groups excluding carboxylic acids is 1. The minimum atomic E-state index is -3.21. The van der Waals surface area contributed by atoms with Gasteiger partial charge in [0.25, 0.3) is 5.91 Å². The largest absolute Gasteiger partial charge is 0.355 e. The van der Waals surface area contributed by atoms with Crippen molar-refractivity contribution in [3.05, 3.63) is 52.7 Å². The number of hydrogen-bond acceptors (Lipinski definition) is 7. The van der Waals surface area contributed by atoms with Gasteiger partial charge >= 0.3 is 0 Å². The Morgan fingerprint density at radius 1 is 1.24 bits per heavy atom. The van der Waals surface area contributed by atoms with Crippen molar-refractivity contribution in [1.29, 1.82) is 0 Å². The van der Waals surface area contributed by atoms with Gasteiger partial charge in [0.2, 0.25) is 10.0 Å². The Bertz CT molecular complexity index is 1170. The van der Waals surface area contributed by atoms with Crippen LogP contribution in [0.1, 0.15) is 33.9 Å². The third-order valence-corrected chi connectivity index (χ3v) is 8.37. The fourth-order valence-electron chi connectivity index (χ4n) is 3.30. The van der Waals surface area contributed by atoms with E-state index < -0.39 is 15.9 Å². The number of carbonyl (C=O) groups is 1. The zero-order valence-corrected chi connectivity index (χ0v) is 17.0. The summed E-state index contributed by atoms with van der Waals surface area (Å²) in [7, 11) is -3.21. The lowest BCUT2D eigenvalue weighted by molar-refractivity contribution is 0.101. The van der Waals surface area contributed by atoms with Crippen LogP contribution in [0.3, 0.4) is 0 Å². The van der Waals surface area contributed by atoms with Crippen LogP contribution in [0.15, 0.2) is 40.9 Å². The van der Waals surface area contributed by atoms with Crippen LogP contribution in [0.25, 0.3) is 11.3 Å². The molecule has 0 radical (unpaired) electrons. The van der Waals surface area contributed by atoms with Crippen LogP contribution in [0.2, 0.25) is 0 Å². The molecular weight excluding hydrogens is 412 g/mol. The molecule has 0 saturated heterocycles. The molecule has 1 aliphatic heterocycles. The monoisotopic (exact) mass is 430 g/mol. The van der Waals surface area contributed by atoms with Crippen LogP contribution in [-0.2, 0) is 23.0 Å². The number of nitrogens with zero attached hydrogens (tertiary/aromatic N) is 3. The summed E-state index contributed by atoms with van der Waals surface area (Å²) in [6.45, 7) is 0.760. The van der Waals surface area contributed by atoms with Gasteiger partial charge in [0, 0.05) is 36.0 Å². The second-order valence-electron chi connectivity index (χ2n) is 7.11. The van der Waals surface area contributed by atoms with Crippen molar-refractivity contribution < 1.29 is 17.7 Å². The summed E-state index contributed by atoms with van der Waals surface area (Å²) in [4.78, 5) is 17.9. The van der Waals surface area contributed by atoms with Crippen molar-refractivity contribution in [2.75, 3.05) is 11.9 Å². The molecule has 5 rings (SSSR count). The van der Waals surface area contributed by atoms with E-state index in [2.05, 4.69) is 15.5 Å². The third kappa shape index (κ3) is 3.59. The predicted octanol–water partition coefficient (Wildman–Crippen LogP) is 2.90. The average molecular weight is 431 g/mol. The minimum Gasteiger partial charge on any atom is -0.355 e. The van der Waals surface area contributed by atoms with E-state index in [1.165, 1.54) is 11.3 Å². The third-order valence-electron chi connectivity index (χ3n) is 5.02. The molecule has 1 saturated carbocycles. The van der Waals surface area contributed by atoms with Crippen molar-refractivity contribution in [3.8, 4) is 11.3 Å². The fraction of sp³-hybridized carbons (Fsp3) is 0.316. The van der Waals surface area contributed by atoms with Gasteiger partial charge in [0.05, 0.1) is 10.9 Å². The first-order chi connectivity index (χ1) is 14.0. The van der Waals surface area contributed by atoms with E-state index in [-0.39, 0.29) is 10.9 Å². The molecule has 3 aromatic rings. The fourth-order valence-corrected chi connectivity index (χ4v) is 6.21. The number of thiazole rings is 1. The average Bonchev–Trinajstić information content (AvgIpc) is 3.34. The minimum absolute atomic E-state index is 0.162. The number of sulfonamides is 1. The van der Waals surface area contributed by atoms with Crippen molar-refractivity contribution in [2.45, 2.75) is 31.1 Å². The first kappa shape index (κ1) is 18.5. The highest BCUT2D eigenvalue weighted by Gasteiger charge is 2.41. The second-order valence-corrected chi connectivity index (χ2v) is 10.4. The Labute approximate surface area is 171 Å². The molecule has 3 heterocycles. The van der Waals surface area contributed by atoms with Gasteiger partial charge in [-0.3, -0.25) is 10.1 Å². The second kappa shape index (κ2) is 7.05. The Kier molecular flexibility index (Phi) is 4.49. The van der Waals surface area contributed by atoms with Crippen LogP contribution in [0.4, 0.5) is 5.13 Å². The Morgan fingerprint density at radius 3 is 2.79 bits per heavy atom. The SMILES string of the molecule is O=C(Nc1nc2c(s1)CN(S(=O)(=O)C1CC1)CC2)c1cc(-c2ccccc2)on1. The maximum absolute atomic E-state index is 12.5. The standard InChI is InChI=1S/C19H18N4O4S2/c24-18(15-10-16(27-22-15)12-4-2-1-3-5-12)21-19-20-14-8-9-23(11-17(14)28-19)29(25,26)13-6-7-13/h1-5,10,13H,6-9,11H2,(H,20,21,24). The highest BCUT2D eigenvalue weighted by atomic mass is 32.2. The van der Waals surface area contributed by atoms with E-state index in [9.17, 15) is 13.2 Å². The molecule has 1 N–H and O–H groups in total. The predicted molar refractivity (Wildman–Crippen MR) is 108 cm³/mol. The number of rotatable bonds is 5. The van der Waals surface area contributed by atoms with Crippen molar-refractivity contribution in [2.24, 2.45) is 0 Å². The van der Waals surface area contributed by atoms with E-state index in [1.54, 1.807) is 10.4 Å². The molecule has 150 valence electrons. The van der Waals surface area contributed by atoms with Gasteiger partial charge in [-0.25, -0.2) is 13.4 Å². The van der Waals surface area contributed by atoms with Gasteiger partial charge in [-0.1, -0.05) is 35.5 Å². The summed E-state index contributed by atoms with van der Waals surface area (Å²) in [5.41, 5.74) is 1.84. The molecule has 2 aliphatic rings. The topological polar surface area (TPSA) is 105 Å². The first-order valence-corrected chi connectivity index (χ1v) is 11.6. The lowest BCUT2D eigenvalue weighted by atomic mass is 10.1. The molecule has 0 unspecified atom stereocenters. The van der Waals surface area contributed by atoms with E-state index in [1.807, 2.05) is 30.3 Å². The van der Waals surface area contributed by atoms with E-state index in [4.69, 9.17) is 4.52 Å². The molecule has 1 aromatic carbocycles. The number of fused-ring (bicyclic) bond motifs is 1. The normalized spacial score (nSPS) is 17.1. The molecule has 0 atom stereocenters. The quantitative estimate of drug-likeness (QED) is 0.667. The van der Waals surface area contributed by atoms with Crippen molar-refractivity contribution in [1.82, 2.24) is 14.4 Å². The maximum atomic E-state index is 12.5. The molecule has 8 nitrogen and oxygen atoms in total. The number of nitrogens with one attached hydrogen (secondary N) is 1. The summed E-state index contributed by atoms with van der Waals surface area (Å²) in [6, 6.07) is 11.0. The zero-order chi connectivity index (χ0) is 20.0. The van der Waals surface area contributed by atoms with Gasteiger partial charge < -0.3 is 4.52 Å². The lowest BCUT2D eigenvalue weighted by Crippen LogP contribution is -2.37. The van der Waals surface area contributed by atoms with Crippen molar-refractivity contribution in [3.63, 3.8) is 0 Å². The summed E-state index contributed by atoms with van der Waals surface area (Å²) >= 11 is 1.31. The summed E-state index contributed by atoms with van der Waals surface area (Å²) < 4.78 is 31.7. The highest BCUT2D eigenvalue weighted by Crippen LogP contribution is 2.35. The molecule has 1 amide bonds. The van der Waals surface area contributed by atoms with Gasteiger partial charge in [-0.05, 0) is 12.8 Å². The molecule has 0 spiro atoms. The van der Waals surface area contributed by atoms with Crippen LogP contribution >= 0.6 is 11.3 Å². The number of amides is 1. The Balaban J connectivity index is 1.29. The van der Waals surface area contributed by atoms with Gasteiger partial charge in [0.15, 0.2) is 16.6 Å². The molecule has 1 aliphatic carbocycles. The summed E-state index contributed by atoms with van der Waals surface area (Å²) in [5.74, 6) is 0.0968. The Hall–Kier alpha value is -2.56. The molecule has 1 fully saturated rings. The molecule has 2 aromatic heterocycles. The Morgan fingerprint density at radius 2 is 2.03 bits per heavy atom. The van der Waals surface area contributed by atoms with Crippen LogP contribution in [-0.4, -0.2) is 40.6 Å². The maximum Gasteiger partial charge on any atom is 0.279 e. The number of benzene rings is 1. The summed E-state index contributed by atoms with van der Waals surface area (Å²) in [5, 5.41) is 6.81. The smallest absolute Gasteiger partial charge is 0.279 e.